The van der Waals surface area contributed by atoms with Gasteiger partial charge in [-0.3, -0.25) is 14.5 Å². The molecule has 1 saturated heterocycles. The van der Waals surface area contributed by atoms with E-state index in [0.717, 1.165) is 46.7 Å². The minimum Gasteiger partial charge on any atom is -0.497 e. The molecule has 6 heterocycles. The molecule has 5 aromatic heterocycles. The van der Waals surface area contributed by atoms with Crippen LogP contribution < -0.4 is 15.0 Å². The van der Waals surface area contributed by atoms with Gasteiger partial charge in [0.15, 0.2) is 0 Å². The number of ether oxygens (including phenoxy) is 1. The molecule has 0 spiro atoms. The van der Waals surface area contributed by atoms with Crippen LogP contribution in [0.3, 0.4) is 0 Å². The molecule has 1 aliphatic heterocycles. The predicted molar refractivity (Wildman–Crippen MR) is 151 cm³/mol. The lowest BCUT2D eigenvalue weighted by molar-refractivity contribution is 0.0945. The van der Waals surface area contributed by atoms with Crippen molar-refractivity contribution in [2.24, 2.45) is 24.8 Å². The smallest absolute Gasteiger partial charge is 0.270 e. The minimum absolute atomic E-state index is 0.178. The lowest BCUT2D eigenvalue weighted by Gasteiger charge is -2.21. The van der Waals surface area contributed by atoms with Gasteiger partial charge in [-0.15, -0.1) is 0 Å². The topological polar surface area (TPSA) is 126 Å². The Bertz CT molecular complexity index is 1810. The molecule has 1 saturated carbocycles. The maximum absolute atomic E-state index is 12.5. The molecule has 0 radical (unpaired) electrons. The van der Waals surface area contributed by atoms with Crippen LogP contribution in [0.4, 0.5) is 5.82 Å². The number of nitrogens with one attached hydrogen (secondary N) is 1. The summed E-state index contributed by atoms with van der Waals surface area (Å²) in [6.45, 7) is 2.47. The number of carbonyl (C=O) groups is 1. The Morgan fingerprint density at radius 3 is 2.61 bits per heavy atom. The number of piperidine rings is 1. The molecule has 204 valence electrons. The predicted octanol–water partition coefficient (Wildman–Crippen LogP) is 3.18. The van der Waals surface area contributed by atoms with Crippen molar-refractivity contribution in [1.82, 2.24) is 34.7 Å². The molecule has 3 atom stereocenters. The van der Waals surface area contributed by atoms with Gasteiger partial charge in [-0.1, -0.05) is 0 Å². The number of nitrogens with zero attached hydrogens (tertiary/aromatic N) is 8. The highest BCUT2D eigenvalue weighted by molar-refractivity contribution is 5.92. The fourth-order valence-electron chi connectivity index (χ4n) is 5.99. The molecule has 2 fully saturated rings. The first-order chi connectivity index (χ1) is 20.0. The van der Waals surface area contributed by atoms with E-state index in [1.54, 1.807) is 40.8 Å². The number of carbonyl (C=O) groups excluding carboxylic acids is 1. The van der Waals surface area contributed by atoms with Gasteiger partial charge in [0.1, 0.15) is 23.3 Å². The first-order valence-electron chi connectivity index (χ1n) is 13.4. The highest BCUT2D eigenvalue weighted by Gasteiger charge is 2.55. The van der Waals surface area contributed by atoms with Crippen molar-refractivity contribution < 1.29 is 9.53 Å². The SMILES string of the molecule is COc1ccnc(C(=O)NCC2[C@H]3CN(c4ccc(-c5cc(-c6cnn(C)c6)cn6ncc(C#N)c56)cn4)C[C@@H]23)c1. The van der Waals surface area contributed by atoms with E-state index in [1.807, 2.05) is 37.9 Å². The summed E-state index contributed by atoms with van der Waals surface area (Å²) in [7, 11) is 3.45. The molecule has 5 aromatic rings. The number of aryl methyl sites for hydroxylation is 1. The van der Waals surface area contributed by atoms with Gasteiger partial charge in [0.25, 0.3) is 5.91 Å². The molecule has 11 nitrogen and oxygen atoms in total. The van der Waals surface area contributed by atoms with Gasteiger partial charge < -0.3 is 15.0 Å². The summed E-state index contributed by atoms with van der Waals surface area (Å²) in [5.74, 6) is 2.91. The molecular weight excluding hydrogens is 518 g/mol. The van der Waals surface area contributed by atoms with Crippen LogP contribution in [-0.2, 0) is 7.05 Å². The lowest BCUT2D eigenvalue weighted by Crippen LogP contribution is -2.31. The van der Waals surface area contributed by atoms with Crippen LogP contribution in [0.15, 0.2) is 67.5 Å². The number of rotatable bonds is 7. The number of aromatic nitrogens is 6. The first-order valence-corrected chi connectivity index (χ1v) is 13.4. The second-order valence-electron chi connectivity index (χ2n) is 10.6. The van der Waals surface area contributed by atoms with Gasteiger partial charge in [-0.05, 0) is 42.0 Å². The Kier molecular flexibility index (Phi) is 5.89. The van der Waals surface area contributed by atoms with Crippen LogP contribution in [0.25, 0.3) is 27.8 Å². The van der Waals surface area contributed by atoms with E-state index in [2.05, 4.69) is 43.6 Å². The van der Waals surface area contributed by atoms with Gasteiger partial charge in [0, 0.05) is 79.8 Å². The van der Waals surface area contributed by atoms with Gasteiger partial charge in [-0.2, -0.15) is 15.5 Å². The van der Waals surface area contributed by atoms with E-state index >= 15 is 0 Å². The molecule has 7 rings (SSSR count). The first kappa shape index (κ1) is 24.8. The van der Waals surface area contributed by atoms with Crippen LogP contribution >= 0.6 is 0 Å². The number of fused-ring (bicyclic) bond motifs is 2. The summed E-state index contributed by atoms with van der Waals surface area (Å²) in [4.78, 5) is 23.8. The highest BCUT2D eigenvalue weighted by Crippen LogP contribution is 2.52. The number of hydrogen-bond donors (Lipinski definition) is 1. The number of amides is 1. The molecule has 11 heteroatoms. The molecule has 1 amide bonds. The number of nitriles is 1. The Labute approximate surface area is 236 Å². The van der Waals surface area contributed by atoms with Crippen molar-refractivity contribution >= 4 is 17.2 Å². The Morgan fingerprint density at radius 2 is 1.90 bits per heavy atom. The zero-order valence-corrected chi connectivity index (χ0v) is 22.6. The molecule has 1 N–H and O–H groups in total. The summed E-state index contributed by atoms with van der Waals surface area (Å²) in [6, 6.07) is 11.8. The maximum Gasteiger partial charge on any atom is 0.270 e. The van der Waals surface area contributed by atoms with Crippen LogP contribution in [0.2, 0.25) is 0 Å². The largest absolute Gasteiger partial charge is 0.497 e. The monoisotopic (exact) mass is 545 g/mol. The number of pyridine rings is 3. The Balaban J connectivity index is 1.04. The van der Waals surface area contributed by atoms with Crippen molar-refractivity contribution in [3.8, 4) is 34.1 Å². The molecular formula is C30H27N9O2. The molecule has 0 aromatic carbocycles. The van der Waals surface area contributed by atoms with Crippen LogP contribution in [0.1, 0.15) is 16.1 Å². The van der Waals surface area contributed by atoms with Crippen molar-refractivity contribution in [3.63, 3.8) is 0 Å². The van der Waals surface area contributed by atoms with Gasteiger partial charge in [-0.25, -0.2) is 9.50 Å². The number of methoxy groups -OCH3 is 1. The quantitative estimate of drug-likeness (QED) is 0.331. The lowest BCUT2D eigenvalue weighted by atomic mass is 10.0. The van der Waals surface area contributed by atoms with Crippen molar-refractivity contribution in [2.75, 3.05) is 31.6 Å². The van der Waals surface area contributed by atoms with E-state index in [9.17, 15) is 10.1 Å². The van der Waals surface area contributed by atoms with E-state index in [4.69, 9.17) is 9.72 Å². The van der Waals surface area contributed by atoms with Crippen molar-refractivity contribution in [3.05, 3.63) is 78.8 Å². The zero-order chi connectivity index (χ0) is 28.1. The molecule has 1 unspecified atom stereocenters. The third-order valence-electron chi connectivity index (χ3n) is 8.22. The third-order valence-corrected chi connectivity index (χ3v) is 8.22. The van der Waals surface area contributed by atoms with E-state index in [1.165, 1.54) is 0 Å². The zero-order valence-electron chi connectivity index (χ0n) is 22.6. The highest BCUT2D eigenvalue weighted by atomic mass is 16.5. The normalized spacial score (nSPS) is 19.1. The summed E-state index contributed by atoms with van der Waals surface area (Å²) >= 11 is 0. The van der Waals surface area contributed by atoms with E-state index < -0.39 is 0 Å². The van der Waals surface area contributed by atoms with E-state index in [0.29, 0.717) is 41.3 Å². The summed E-state index contributed by atoms with van der Waals surface area (Å²) in [5, 5.41) is 21.5. The number of hydrogen-bond acceptors (Lipinski definition) is 8. The molecule has 1 aliphatic carbocycles. The van der Waals surface area contributed by atoms with E-state index in [-0.39, 0.29) is 5.91 Å². The Morgan fingerprint density at radius 1 is 1.05 bits per heavy atom. The van der Waals surface area contributed by atoms with Crippen molar-refractivity contribution in [1.29, 1.82) is 5.26 Å². The minimum atomic E-state index is -0.178. The Hall–Kier alpha value is -5.24. The summed E-state index contributed by atoms with van der Waals surface area (Å²) in [5.41, 5.74) is 5.37. The third kappa shape index (κ3) is 4.43. The standard InChI is InChI=1S/C30H27N9O2/c1-37-14-21(12-35-37)19-7-23(29-20(9-31)11-36-39(29)15-19)18-3-4-28(33-10-18)38-16-25-24(26(25)17-38)13-34-30(40)27-8-22(41-2)5-6-32-27/h3-8,10-12,14-15,24-26H,13,16-17H2,1-2H3,(H,34,40)/t24?,25-,26+. The van der Waals surface area contributed by atoms with Crippen LogP contribution in [0.5, 0.6) is 5.75 Å². The van der Waals surface area contributed by atoms with Gasteiger partial charge in [0.2, 0.25) is 0 Å². The van der Waals surface area contributed by atoms with Crippen LogP contribution in [0, 0.1) is 29.1 Å². The number of anilines is 1. The summed E-state index contributed by atoms with van der Waals surface area (Å²) in [6.07, 6.45) is 10.7. The average molecular weight is 546 g/mol. The average Bonchev–Trinajstić information content (AvgIpc) is 3.44. The van der Waals surface area contributed by atoms with Crippen molar-refractivity contribution in [2.45, 2.75) is 0 Å². The van der Waals surface area contributed by atoms with Crippen LogP contribution in [-0.4, -0.2) is 62.0 Å². The molecule has 41 heavy (non-hydrogen) atoms. The second-order valence-corrected chi connectivity index (χ2v) is 10.6. The van der Waals surface area contributed by atoms with Gasteiger partial charge in [0.05, 0.1) is 30.6 Å². The fraction of sp³-hybridized carbons (Fsp3) is 0.267. The maximum atomic E-state index is 12.5. The second kappa shape index (κ2) is 9.75. The fourth-order valence-corrected chi connectivity index (χ4v) is 5.99. The van der Waals surface area contributed by atoms with Gasteiger partial charge >= 0.3 is 0 Å². The molecule has 2 aliphatic rings. The summed E-state index contributed by atoms with van der Waals surface area (Å²) < 4.78 is 8.70. The molecule has 0 bridgehead atoms.